The van der Waals surface area contributed by atoms with Crippen molar-refractivity contribution in [3.63, 3.8) is 0 Å². The molecular weight excluding hydrogens is 244 g/mol. The third-order valence-electron chi connectivity index (χ3n) is 2.32. The maximum atomic E-state index is 11.3. The van der Waals surface area contributed by atoms with Gasteiger partial charge in [0.05, 0.1) is 6.04 Å². The average Bonchev–Trinajstić information content (AvgIpc) is 2.72. The van der Waals surface area contributed by atoms with Crippen LogP contribution in [0.15, 0.2) is 18.2 Å². The van der Waals surface area contributed by atoms with Crippen LogP contribution in [0.25, 0.3) is 0 Å². The standard InChI is InChI=1S/C11H14N2O3.ClH/c1-7(12)11(14)13-5-8-2-3-9-10(4-8)16-6-15-9;/h2-4,7H,5-6,12H2,1H3,(H,13,14);1H. The zero-order chi connectivity index (χ0) is 11.5. The molecule has 6 heteroatoms. The van der Waals surface area contributed by atoms with Crippen molar-refractivity contribution in [3.8, 4) is 11.5 Å². The Morgan fingerprint density at radius 2 is 2.18 bits per heavy atom. The molecule has 0 bridgehead atoms. The van der Waals surface area contributed by atoms with Crippen LogP contribution in [0.4, 0.5) is 0 Å². The average molecular weight is 259 g/mol. The first-order valence-corrected chi connectivity index (χ1v) is 5.08. The summed E-state index contributed by atoms with van der Waals surface area (Å²) >= 11 is 0. The molecule has 1 aliphatic heterocycles. The summed E-state index contributed by atoms with van der Waals surface area (Å²) in [5.41, 5.74) is 6.39. The molecule has 1 heterocycles. The van der Waals surface area contributed by atoms with Gasteiger partial charge in [0.25, 0.3) is 0 Å². The fourth-order valence-corrected chi connectivity index (χ4v) is 1.40. The van der Waals surface area contributed by atoms with Gasteiger partial charge in [0.2, 0.25) is 12.7 Å². The maximum Gasteiger partial charge on any atom is 0.236 e. The third kappa shape index (κ3) is 3.25. The topological polar surface area (TPSA) is 73.6 Å². The molecule has 2 rings (SSSR count). The van der Waals surface area contributed by atoms with Crippen molar-refractivity contribution in [1.82, 2.24) is 5.32 Å². The monoisotopic (exact) mass is 258 g/mol. The number of hydrogen-bond donors (Lipinski definition) is 2. The van der Waals surface area contributed by atoms with Crippen molar-refractivity contribution in [2.24, 2.45) is 5.73 Å². The number of carbonyl (C=O) groups excluding carboxylic acids is 1. The predicted molar refractivity (Wildman–Crippen MR) is 65.3 cm³/mol. The number of benzene rings is 1. The van der Waals surface area contributed by atoms with Crippen LogP contribution in [-0.4, -0.2) is 18.7 Å². The second kappa shape index (κ2) is 5.75. The van der Waals surface area contributed by atoms with E-state index in [2.05, 4.69) is 5.32 Å². The lowest BCUT2D eigenvalue weighted by Gasteiger charge is -2.08. The van der Waals surface area contributed by atoms with Crippen LogP contribution in [0.5, 0.6) is 11.5 Å². The van der Waals surface area contributed by atoms with Gasteiger partial charge in [-0.15, -0.1) is 12.4 Å². The van der Waals surface area contributed by atoms with Crippen LogP contribution >= 0.6 is 12.4 Å². The van der Waals surface area contributed by atoms with E-state index in [4.69, 9.17) is 15.2 Å². The molecular formula is C11H15ClN2O3. The Labute approximate surface area is 106 Å². The molecule has 1 amide bonds. The van der Waals surface area contributed by atoms with E-state index in [1.165, 1.54) is 0 Å². The molecule has 94 valence electrons. The zero-order valence-corrected chi connectivity index (χ0v) is 10.3. The summed E-state index contributed by atoms with van der Waals surface area (Å²) in [7, 11) is 0. The van der Waals surface area contributed by atoms with Crippen LogP contribution in [0.1, 0.15) is 12.5 Å². The van der Waals surface area contributed by atoms with Gasteiger partial charge in [-0.1, -0.05) is 6.07 Å². The lowest BCUT2D eigenvalue weighted by molar-refractivity contribution is -0.122. The Morgan fingerprint density at radius 1 is 1.47 bits per heavy atom. The Hall–Kier alpha value is -1.46. The molecule has 1 aromatic rings. The number of fused-ring (bicyclic) bond motifs is 1. The first kappa shape index (κ1) is 13.6. The molecule has 1 aliphatic rings. The summed E-state index contributed by atoms with van der Waals surface area (Å²) < 4.78 is 10.4. The highest BCUT2D eigenvalue weighted by atomic mass is 35.5. The maximum absolute atomic E-state index is 11.3. The van der Waals surface area contributed by atoms with E-state index < -0.39 is 6.04 Å². The predicted octanol–water partition coefficient (Wildman–Crippen LogP) is 0.800. The first-order valence-electron chi connectivity index (χ1n) is 5.08. The molecule has 1 unspecified atom stereocenters. The van der Waals surface area contributed by atoms with Crippen LogP contribution < -0.4 is 20.5 Å². The molecule has 0 aromatic heterocycles. The summed E-state index contributed by atoms with van der Waals surface area (Å²) in [6, 6.07) is 5.07. The molecule has 1 aromatic carbocycles. The highest BCUT2D eigenvalue weighted by molar-refractivity contribution is 5.85. The van der Waals surface area contributed by atoms with Gasteiger partial charge in [0, 0.05) is 6.54 Å². The minimum absolute atomic E-state index is 0. The van der Waals surface area contributed by atoms with E-state index in [-0.39, 0.29) is 25.1 Å². The highest BCUT2D eigenvalue weighted by Gasteiger charge is 2.13. The number of rotatable bonds is 3. The lowest BCUT2D eigenvalue weighted by atomic mass is 10.2. The molecule has 0 fully saturated rings. The van der Waals surface area contributed by atoms with Gasteiger partial charge in [-0.3, -0.25) is 4.79 Å². The third-order valence-corrected chi connectivity index (χ3v) is 2.32. The lowest BCUT2D eigenvalue weighted by Crippen LogP contribution is -2.37. The van der Waals surface area contributed by atoms with Crippen LogP contribution in [0.2, 0.25) is 0 Å². The van der Waals surface area contributed by atoms with Gasteiger partial charge in [0.1, 0.15) is 0 Å². The van der Waals surface area contributed by atoms with Crippen molar-refractivity contribution >= 4 is 18.3 Å². The second-order valence-electron chi connectivity index (χ2n) is 3.69. The summed E-state index contributed by atoms with van der Waals surface area (Å²) in [6.07, 6.45) is 0. The van der Waals surface area contributed by atoms with E-state index >= 15 is 0 Å². The van der Waals surface area contributed by atoms with Gasteiger partial charge < -0.3 is 20.5 Å². The summed E-state index contributed by atoms with van der Waals surface area (Å²) in [4.78, 5) is 11.3. The van der Waals surface area contributed by atoms with Crippen molar-refractivity contribution in [2.45, 2.75) is 19.5 Å². The summed E-state index contributed by atoms with van der Waals surface area (Å²) in [5, 5.41) is 2.73. The number of carbonyl (C=O) groups is 1. The van der Waals surface area contributed by atoms with Crippen LogP contribution in [0, 0.1) is 0 Å². The van der Waals surface area contributed by atoms with E-state index in [1.807, 2.05) is 18.2 Å². The minimum Gasteiger partial charge on any atom is -0.454 e. The smallest absolute Gasteiger partial charge is 0.236 e. The minimum atomic E-state index is -0.492. The van der Waals surface area contributed by atoms with Gasteiger partial charge in [-0.25, -0.2) is 0 Å². The molecule has 0 aliphatic carbocycles. The van der Waals surface area contributed by atoms with E-state index in [0.717, 1.165) is 11.3 Å². The Kier molecular flexibility index (Phi) is 4.60. The van der Waals surface area contributed by atoms with Crippen molar-refractivity contribution in [3.05, 3.63) is 23.8 Å². The summed E-state index contributed by atoms with van der Waals surface area (Å²) in [5.74, 6) is 1.28. The van der Waals surface area contributed by atoms with Crippen LogP contribution in [-0.2, 0) is 11.3 Å². The van der Waals surface area contributed by atoms with Crippen molar-refractivity contribution in [1.29, 1.82) is 0 Å². The zero-order valence-electron chi connectivity index (χ0n) is 9.43. The Morgan fingerprint density at radius 3 is 2.88 bits per heavy atom. The van der Waals surface area contributed by atoms with E-state index in [0.29, 0.717) is 12.3 Å². The molecule has 0 spiro atoms. The van der Waals surface area contributed by atoms with Crippen LogP contribution in [0.3, 0.4) is 0 Å². The van der Waals surface area contributed by atoms with E-state index in [1.54, 1.807) is 6.92 Å². The molecule has 3 N–H and O–H groups in total. The fraction of sp³-hybridized carbons (Fsp3) is 0.364. The van der Waals surface area contributed by atoms with Gasteiger partial charge in [-0.2, -0.15) is 0 Å². The normalized spacial score (nSPS) is 13.8. The fourth-order valence-electron chi connectivity index (χ4n) is 1.40. The number of nitrogens with one attached hydrogen (secondary N) is 1. The Bertz CT molecular complexity index is 410. The van der Waals surface area contributed by atoms with Gasteiger partial charge >= 0.3 is 0 Å². The number of halogens is 1. The molecule has 0 saturated carbocycles. The Balaban J connectivity index is 0.00000144. The quantitative estimate of drug-likeness (QED) is 0.841. The van der Waals surface area contributed by atoms with Crippen molar-refractivity contribution < 1.29 is 14.3 Å². The number of nitrogens with two attached hydrogens (primary N) is 1. The van der Waals surface area contributed by atoms with Gasteiger partial charge in [0.15, 0.2) is 11.5 Å². The van der Waals surface area contributed by atoms with Gasteiger partial charge in [-0.05, 0) is 24.6 Å². The summed E-state index contributed by atoms with van der Waals surface area (Å²) in [6.45, 7) is 2.34. The number of hydrogen-bond acceptors (Lipinski definition) is 4. The van der Waals surface area contributed by atoms with E-state index in [9.17, 15) is 4.79 Å². The number of amides is 1. The molecule has 0 saturated heterocycles. The molecule has 0 radical (unpaired) electrons. The van der Waals surface area contributed by atoms with Crippen molar-refractivity contribution in [2.75, 3.05) is 6.79 Å². The highest BCUT2D eigenvalue weighted by Crippen LogP contribution is 2.32. The molecule has 5 nitrogen and oxygen atoms in total. The first-order chi connectivity index (χ1) is 7.66. The SMILES string of the molecule is CC(N)C(=O)NCc1ccc2c(c1)OCO2.Cl. The molecule has 1 atom stereocenters. The second-order valence-corrected chi connectivity index (χ2v) is 3.69. The molecule has 17 heavy (non-hydrogen) atoms. The largest absolute Gasteiger partial charge is 0.454 e. The number of ether oxygens (including phenoxy) is 2.